The van der Waals surface area contributed by atoms with Crippen molar-refractivity contribution in [1.29, 1.82) is 5.26 Å². The smallest absolute Gasteiger partial charge is 0.170 e. The van der Waals surface area contributed by atoms with Gasteiger partial charge in [-0.05, 0) is 44.4 Å². The minimum absolute atomic E-state index is 0.305. The molecule has 0 bridgehead atoms. The van der Waals surface area contributed by atoms with E-state index in [2.05, 4.69) is 29.9 Å². The average molecular weight is 273 g/mol. The second kappa shape index (κ2) is 5.01. The van der Waals surface area contributed by atoms with Gasteiger partial charge in [0.2, 0.25) is 0 Å². The number of nitrogens with two attached hydrogens (primary N) is 1. The molecule has 1 aromatic rings. The number of piperidine rings is 1. The monoisotopic (exact) mass is 273 g/mol. The quantitative estimate of drug-likeness (QED) is 0.918. The Kier molecular flexibility index (Phi) is 3.33. The van der Waals surface area contributed by atoms with Crippen molar-refractivity contribution in [3.63, 3.8) is 0 Å². The molecule has 2 aliphatic rings. The molecule has 0 spiro atoms. The molecular formula is C15H23N5. The predicted molar refractivity (Wildman–Crippen MR) is 79.4 cm³/mol. The first-order valence-corrected chi connectivity index (χ1v) is 7.64. The fraction of sp³-hybridized carbons (Fsp3) is 0.733. The van der Waals surface area contributed by atoms with E-state index in [4.69, 9.17) is 5.73 Å². The molecule has 5 nitrogen and oxygen atoms in total. The highest BCUT2D eigenvalue weighted by Gasteiger charge is 2.33. The normalized spacial score (nSPS) is 21.8. The first-order valence-electron chi connectivity index (χ1n) is 7.64. The molecule has 1 atom stereocenters. The summed E-state index contributed by atoms with van der Waals surface area (Å²) in [6.45, 7) is 6.39. The van der Waals surface area contributed by atoms with Gasteiger partial charge in [-0.3, -0.25) is 0 Å². The first-order chi connectivity index (χ1) is 9.61. The number of hydrogen-bond donors (Lipinski definition) is 1. The molecule has 1 unspecified atom stereocenters. The maximum atomic E-state index is 9.42. The van der Waals surface area contributed by atoms with Gasteiger partial charge in [0.05, 0.1) is 6.04 Å². The van der Waals surface area contributed by atoms with Crippen LogP contribution in [0.25, 0.3) is 0 Å². The molecule has 2 N–H and O–H groups in total. The Morgan fingerprint density at radius 1 is 1.30 bits per heavy atom. The fourth-order valence-corrected chi connectivity index (χ4v) is 3.07. The van der Waals surface area contributed by atoms with E-state index in [-0.39, 0.29) is 0 Å². The van der Waals surface area contributed by atoms with Crippen molar-refractivity contribution in [3.8, 4) is 6.07 Å². The van der Waals surface area contributed by atoms with Crippen LogP contribution in [0.4, 0.5) is 11.6 Å². The molecule has 2 fully saturated rings. The van der Waals surface area contributed by atoms with Crippen LogP contribution < -0.4 is 10.6 Å². The molecular weight excluding hydrogens is 250 g/mol. The molecule has 0 amide bonds. The van der Waals surface area contributed by atoms with E-state index in [1.165, 1.54) is 12.8 Å². The first kappa shape index (κ1) is 13.3. The lowest BCUT2D eigenvalue weighted by Gasteiger charge is -2.30. The summed E-state index contributed by atoms with van der Waals surface area (Å²) in [6, 6.07) is 2.56. The highest BCUT2D eigenvalue weighted by atomic mass is 15.4. The van der Waals surface area contributed by atoms with Crippen molar-refractivity contribution in [2.24, 2.45) is 11.8 Å². The molecule has 108 valence electrons. The van der Waals surface area contributed by atoms with Gasteiger partial charge in [-0.15, -0.1) is 0 Å². The lowest BCUT2D eigenvalue weighted by molar-refractivity contribution is 0.425. The van der Waals surface area contributed by atoms with E-state index in [9.17, 15) is 5.26 Å². The van der Waals surface area contributed by atoms with Gasteiger partial charge in [0, 0.05) is 13.1 Å². The van der Waals surface area contributed by atoms with E-state index in [0.29, 0.717) is 23.3 Å². The Morgan fingerprint density at radius 3 is 2.50 bits per heavy atom. The Morgan fingerprint density at radius 2 is 1.95 bits per heavy atom. The van der Waals surface area contributed by atoms with Crippen LogP contribution in [0.15, 0.2) is 0 Å². The Labute approximate surface area is 120 Å². The van der Waals surface area contributed by atoms with E-state index in [1.54, 1.807) is 0 Å². The Balaban J connectivity index is 1.90. The summed E-state index contributed by atoms with van der Waals surface area (Å²) in [5.41, 5.74) is 6.73. The van der Waals surface area contributed by atoms with Crippen molar-refractivity contribution < 1.29 is 0 Å². The molecule has 3 rings (SSSR count). The molecule has 2 heterocycles. The molecule has 0 aromatic carbocycles. The number of hydrogen-bond acceptors (Lipinski definition) is 4. The van der Waals surface area contributed by atoms with Crippen molar-refractivity contribution in [3.05, 3.63) is 5.56 Å². The van der Waals surface area contributed by atoms with Crippen molar-refractivity contribution in [2.75, 3.05) is 23.7 Å². The van der Waals surface area contributed by atoms with Crippen LogP contribution in [0.2, 0.25) is 0 Å². The molecule has 1 saturated heterocycles. The van der Waals surface area contributed by atoms with E-state index < -0.39 is 0 Å². The zero-order chi connectivity index (χ0) is 14.3. The highest BCUT2D eigenvalue weighted by molar-refractivity contribution is 5.65. The Hall–Kier alpha value is -1.70. The van der Waals surface area contributed by atoms with Crippen LogP contribution in [-0.4, -0.2) is 22.9 Å². The van der Waals surface area contributed by atoms with Crippen LogP contribution in [0.1, 0.15) is 51.1 Å². The SMILES string of the molecule is CC1CCN(c2nn(C(C)C3CC3)c(N)c2C#N)CC1. The van der Waals surface area contributed by atoms with Crippen molar-refractivity contribution in [1.82, 2.24) is 9.78 Å². The fourth-order valence-electron chi connectivity index (χ4n) is 3.07. The number of nitrogen functional groups attached to an aromatic ring is 1. The number of nitriles is 1. The van der Waals surface area contributed by atoms with Gasteiger partial charge in [0.1, 0.15) is 17.5 Å². The maximum Gasteiger partial charge on any atom is 0.170 e. The number of rotatable bonds is 3. The number of aromatic nitrogens is 2. The summed E-state index contributed by atoms with van der Waals surface area (Å²) < 4.78 is 1.88. The lowest BCUT2D eigenvalue weighted by atomic mass is 9.99. The van der Waals surface area contributed by atoms with E-state index in [0.717, 1.165) is 37.7 Å². The highest BCUT2D eigenvalue weighted by Crippen LogP contribution is 2.41. The number of anilines is 2. The van der Waals surface area contributed by atoms with Crippen LogP contribution in [0.3, 0.4) is 0 Å². The van der Waals surface area contributed by atoms with Crippen molar-refractivity contribution >= 4 is 11.6 Å². The number of nitrogens with zero attached hydrogens (tertiary/aromatic N) is 4. The molecule has 1 aliphatic heterocycles. The molecule has 20 heavy (non-hydrogen) atoms. The molecule has 1 aromatic heterocycles. The zero-order valence-corrected chi connectivity index (χ0v) is 12.3. The van der Waals surface area contributed by atoms with Gasteiger partial charge in [-0.25, -0.2) is 4.68 Å². The summed E-state index contributed by atoms with van der Waals surface area (Å²) in [5, 5.41) is 14.1. The average Bonchev–Trinajstić information content (AvgIpc) is 3.23. The topological polar surface area (TPSA) is 70.9 Å². The van der Waals surface area contributed by atoms with Crippen molar-refractivity contribution in [2.45, 2.75) is 45.6 Å². The standard InChI is InChI=1S/C15H23N5/c1-10-5-7-19(8-6-10)15-13(9-16)14(17)20(18-15)11(2)12-3-4-12/h10-12H,3-8,17H2,1-2H3. The third-order valence-corrected chi connectivity index (χ3v) is 4.81. The van der Waals surface area contributed by atoms with Gasteiger partial charge < -0.3 is 10.6 Å². The third kappa shape index (κ3) is 2.24. The minimum atomic E-state index is 0.305. The summed E-state index contributed by atoms with van der Waals surface area (Å²) in [7, 11) is 0. The summed E-state index contributed by atoms with van der Waals surface area (Å²) in [6.07, 6.45) is 4.82. The van der Waals surface area contributed by atoms with Gasteiger partial charge in [-0.1, -0.05) is 6.92 Å². The summed E-state index contributed by atoms with van der Waals surface area (Å²) in [5.74, 6) is 2.78. The molecule has 1 saturated carbocycles. The maximum absolute atomic E-state index is 9.42. The van der Waals surface area contributed by atoms with Crippen LogP contribution >= 0.6 is 0 Å². The molecule has 1 aliphatic carbocycles. The largest absolute Gasteiger partial charge is 0.383 e. The molecule has 0 radical (unpaired) electrons. The summed E-state index contributed by atoms with van der Waals surface area (Å²) >= 11 is 0. The van der Waals surface area contributed by atoms with Gasteiger partial charge in [0.15, 0.2) is 5.82 Å². The van der Waals surface area contributed by atoms with E-state index >= 15 is 0 Å². The second-order valence-corrected chi connectivity index (χ2v) is 6.39. The van der Waals surface area contributed by atoms with Gasteiger partial charge >= 0.3 is 0 Å². The predicted octanol–water partition coefficient (Wildman–Crippen LogP) is 2.54. The lowest BCUT2D eigenvalue weighted by Crippen LogP contribution is -2.33. The van der Waals surface area contributed by atoms with Crippen LogP contribution in [0.5, 0.6) is 0 Å². The van der Waals surface area contributed by atoms with E-state index in [1.807, 2.05) is 4.68 Å². The minimum Gasteiger partial charge on any atom is -0.383 e. The van der Waals surface area contributed by atoms with Gasteiger partial charge in [-0.2, -0.15) is 10.4 Å². The van der Waals surface area contributed by atoms with Crippen LogP contribution in [0, 0.1) is 23.2 Å². The van der Waals surface area contributed by atoms with Gasteiger partial charge in [0.25, 0.3) is 0 Å². The van der Waals surface area contributed by atoms with Crippen LogP contribution in [-0.2, 0) is 0 Å². The summed E-state index contributed by atoms with van der Waals surface area (Å²) in [4.78, 5) is 2.23. The third-order valence-electron chi connectivity index (χ3n) is 4.81. The second-order valence-electron chi connectivity index (χ2n) is 6.39. The Bertz CT molecular complexity index is 529. The zero-order valence-electron chi connectivity index (χ0n) is 12.3. The molecule has 5 heteroatoms.